The molecule has 0 fully saturated rings. The van der Waals surface area contributed by atoms with Gasteiger partial charge in [-0.25, -0.2) is 12.7 Å². The Labute approximate surface area is 112 Å². The van der Waals surface area contributed by atoms with Gasteiger partial charge in [0.1, 0.15) is 10.6 Å². The number of nitrogens with two attached hydrogens (primary N) is 1. The van der Waals surface area contributed by atoms with Crippen LogP contribution in [0.3, 0.4) is 0 Å². The van der Waals surface area contributed by atoms with Crippen LogP contribution in [0.5, 0.6) is 0 Å². The number of hydrogen-bond donors (Lipinski definition) is 2. The van der Waals surface area contributed by atoms with E-state index in [2.05, 4.69) is 0 Å². The first-order valence-electron chi connectivity index (χ1n) is 5.77. The Morgan fingerprint density at radius 1 is 1.58 bits per heavy atom. The van der Waals surface area contributed by atoms with Crippen LogP contribution in [0.4, 0.5) is 0 Å². The third kappa shape index (κ3) is 3.55. The van der Waals surface area contributed by atoms with Crippen molar-refractivity contribution >= 4 is 15.9 Å². The first-order chi connectivity index (χ1) is 8.66. The summed E-state index contributed by atoms with van der Waals surface area (Å²) >= 11 is 0. The van der Waals surface area contributed by atoms with E-state index < -0.39 is 22.0 Å². The average molecular weight is 289 g/mol. The van der Waals surface area contributed by atoms with E-state index in [1.54, 1.807) is 14.0 Å². The van der Waals surface area contributed by atoms with Crippen LogP contribution >= 0.6 is 0 Å². The molecule has 0 saturated heterocycles. The number of carbonyl (C=O) groups is 1. The van der Waals surface area contributed by atoms with Gasteiger partial charge in [0.25, 0.3) is 5.91 Å². The Balaban J connectivity index is 3.00. The van der Waals surface area contributed by atoms with E-state index in [4.69, 9.17) is 5.73 Å². The van der Waals surface area contributed by atoms with Gasteiger partial charge in [-0.1, -0.05) is 0 Å². The fourth-order valence-electron chi connectivity index (χ4n) is 1.59. The molecule has 19 heavy (non-hydrogen) atoms. The predicted octanol–water partition coefficient (Wildman–Crippen LogP) is -0.485. The van der Waals surface area contributed by atoms with Gasteiger partial charge in [-0.2, -0.15) is 0 Å². The molecule has 0 bridgehead atoms. The Morgan fingerprint density at radius 3 is 2.58 bits per heavy atom. The molecule has 0 aromatic carbocycles. The van der Waals surface area contributed by atoms with Crippen molar-refractivity contribution in [2.24, 2.45) is 12.8 Å². The zero-order chi connectivity index (χ0) is 14.8. The largest absolute Gasteiger partial charge is 0.393 e. The van der Waals surface area contributed by atoms with Crippen LogP contribution in [0.2, 0.25) is 0 Å². The summed E-state index contributed by atoms with van der Waals surface area (Å²) < 4.78 is 26.9. The highest BCUT2D eigenvalue weighted by molar-refractivity contribution is 7.89. The van der Waals surface area contributed by atoms with Gasteiger partial charge in [-0.05, 0) is 19.4 Å². The number of hydrogen-bond acceptors (Lipinski definition) is 4. The van der Waals surface area contributed by atoms with E-state index in [9.17, 15) is 18.3 Å². The van der Waals surface area contributed by atoms with Crippen molar-refractivity contribution in [1.29, 1.82) is 0 Å². The monoisotopic (exact) mass is 289 g/mol. The summed E-state index contributed by atoms with van der Waals surface area (Å²) in [7, 11) is -0.700. The lowest BCUT2D eigenvalue weighted by molar-refractivity contribution is 0.0992. The molecule has 0 saturated carbocycles. The second-order valence-electron chi connectivity index (χ2n) is 4.50. The van der Waals surface area contributed by atoms with Crippen molar-refractivity contribution in [1.82, 2.24) is 8.87 Å². The van der Waals surface area contributed by atoms with Gasteiger partial charge in [-0.15, -0.1) is 0 Å². The normalized spacial score (nSPS) is 13.7. The number of aliphatic hydroxyl groups excluding tert-OH is 1. The highest BCUT2D eigenvalue weighted by Gasteiger charge is 2.24. The van der Waals surface area contributed by atoms with E-state index >= 15 is 0 Å². The van der Waals surface area contributed by atoms with Gasteiger partial charge in [0.2, 0.25) is 10.0 Å². The zero-order valence-corrected chi connectivity index (χ0v) is 12.0. The third-order valence-electron chi connectivity index (χ3n) is 2.80. The summed E-state index contributed by atoms with van der Waals surface area (Å²) in [6, 6.07) is 1.25. The maximum atomic E-state index is 12.2. The smallest absolute Gasteiger partial charge is 0.265 e. The SMILES string of the molecule is CC(O)CCN(C)S(=O)(=O)c1cc(C(N)=O)n(C)c1. The molecule has 0 aliphatic heterocycles. The fourth-order valence-corrected chi connectivity index (χ4v) is 2.85. The standard InChI is InChI=1S/C11H19N3O4S/c1-8(15)4-5-14(3)19(17,18)9-6-10(11(12)16)13(2)7-9/h6-8,15H,4-5H2,1-3H3,(H2,12,16). The van der Waals surface area contributed by atoms with E-state index in [1.807, 2.05) is 0 Å². The van der Waals surface area contributed by atoms with Gasteiger partial charge in [0, 0.05) is 26.8 Å². The molecular weight excluding hydrogens is 270 g/mol. The van der Waals surface area contributed by atoms with Crippen LogP contribution in [0.1, 0.15) is 23.8 Å². The molecule has 1 unspecified atom stereocenters. The Hall–Kier alpha value is -1.38. The van der Waals surface area contributed by atoms with Crippen LogP contribution in [0.15, 0.2) is 17.2 Å². The maximum Gasteiger partial charge on any atom is 0.265 e. The molecule has 7 nitrogen and oxygen atoms in total. The van der Waals surface area contributed by atoms with Crippen molar-refractivity contribution in [2.75, 3.05) is 13.6 Å². The minimum atomic E-state index is -3.68. The molecule has 1 aromatic rings. The van der Waals surface area contributed by atoms with Gasteiger partial charge in [0.15, 0.2) is 0 Å². The molecule has 8 heteroatoms. The second kappa shape index (κ2) is 5.72. The van der Waals surface area contributed by atoms with Crippen LogP contribution < -0.4 is 5.73 Å². The molecule has 0 spiro atoms. The molecule has 108 valence electrons. The molecule has 0 aliphatic rings. The Kier molecular flexibility index (Phi) is 4.72. The second-order valence-corrected chi connectivity index (χ2v) is 6.55. The van der Waals surface area contributed by atoms with Crippen molar-refractivity contribution in [3.8, 4) is 0 Å². The summed E-state index contributed by atoms with van der Waals surface area (Å²) in [5, 5.41) is 9.17. The molecule has 1 aromatic heterocycles. The molecule has 0 radical (unpaired) electrons. The molecule has 1 amide bonds. The molecule has 0 aliphatic carbocycles. The van der Waals surface area contributed by atoms with E-state index in [-0.39, 0.29) is 17.1 Å². The van der Waals surface area contributed by atoms with Crippen molar-refractivity contribution in [3.05, 3.63) is 18.0 Å². The number of sulfonamides is 1. The number of aliphatic hydroxyl groups is 1. The average Bonchev–Trinajstić information content (AvgIpc) is 2.68. The maximum absolute atomic E-state index is 12.2. The molecule has 1 atom stereocenters. The number of amides is 1. The first-order valence-corrected chi connectivity index (χ1v) is 7.21. The van der Waals surface area contributed by atoms with Crippen LogP contribution in [-0.2, 0) is 17.1 Å². The number of rotatable bonds is 6. The topological polar surface area (TPSA) is 106 Å². The summed E-state index contributed by atoms with van der Waals surface area (Å²) in [4.78, 5) is 11.1. The van der Waals surface area contributed by atoms with Gasteiger partial charge < -0.3 is 15.4 Å². The highest BCUT2D eigenvalue weighted by atomic mass is 32.2. The lowest BCUT2D eigenvalue weighted by atomic mass is 10.3. The summed E-state index contributed by atoms with van der Waals surface area (Å²) in [6.45, 7) is 1.79. The lowest BCUT2D eigenvalue weighted by Gasteiger charge is -2.16. The summed E-state index contributed by atoms with van der Waals surface area (Å²) in [5.74, 6) is -0.685. The predicted molar refractivity (Wildman–Crippen MR) is 70.0 cm³/mol. The van der Waals surface area contributed by atoms with Crippen molar-refractivity contribution in [3.63, 3.8) is 0 Å². The molecular formula is C11H19N3O4S. The van der Waals surface area contributed by atoms with Gasteiger partial charge >= 0.3 is 0 Å². The summed E-state index contributed by atoms with van der Waals surface area (Å²) in [5.41, 5.74) is 5.27. The lowest BCUT2D eigenvalue weighted by Crippen LogP contribution is -2.29. The van der Waals surface area contributed by atoms with E-state index in [0.29, 0.717) is 6.42 Å². The highest BCUT2D eigenvalue weighted by Crippen LogP contribution is 2.17. The molecule has 3 N–H and O–H groups in total. The number of carbonyl (C=O) groups excluding carboxylic acids is 1. The summed E-state index contributed by atoms with van der Waals surface area (Å²) in [6.07, 6.45) is 1.11. The van der Waals surface area contributed by atoms with Crippen molar-refractivity contribution < 1.29 is 18.3 Å². The van der Waals surface area contributed by atoms with E-state index in [0.717, 1.165) is 4.31 Å². The first kappa shape index (κ1) is 15.7. The number of aryl methyl sites for hydroxylation is 1. The van der Waals surface area contributed by atoms with Crippen molar-refractivity contribution in [2.45, 2.75) is 24.3 Å². The van der Waals surface area contributed by atoms with Gasteiger partial charge in [0.05, 0.1) is 6.10 Å². The van der Waals surface area contributed by atoms with E-state index in [1.165, 1.54) is 23.9 Å². The Morgan fingerprint density at radius 2 is 2.16 bits per heavy atom. The van der Waals surface area contributed by atoms with Crippen LogP contribution in [0, 0.1) is 0 Å². The van der Waals surface area contributed by atoms with Crippen LogP contribution in [-0.4, -0.2) is 48.0 Å². The van der Waals surface area contributed by atoms with Gasteiger partial charge in [-0.3, -0.25) is 4.79 Å². The number of aromatic nitrogens is 1. The third-order valence-corrected chi connectivity index (χ3v) is 4.62. The Bertz CT molecular complexity index is 562. The zero-order valence-electron chi connectivity index (χ0n) is 11.2. The molecule has 1 heterocycles. The number of primary amides is 1. The quantitative estimate of drug-likeness (QED) is 0.737. The van der Waals surface area contributed by atoms with Crippen LogP contribution in [0.25, 0.3) is 0 Å². The minimum absolute atomic E-state index is 0.0110. The minimum Gasteiger partial charge on any atom is -0.393 e. The fraction of sp³-hybridized carbons (Fsp3) is 0.545. The molecule has 1 rings (SSSR count). The number of nitrogens with zero attached hydrogens (tertiary/aromatic N) is 2.